The molecule has 7 nitrogen and oxygen atoms in total. The van der Waals surface area contributed by atoms with Crippen LogP contribution in [0.2, 0.25) is 0 Å². The Labute approximate surface area is 145 Å². The molecule has 3 rings (SSSR count). The Bertz CT molecular complexity index is 1040. The van der Waals surface area contributed by atoms with Crippen LogP contribution in [0.3, 0.4) is 0 Å². The number of benzene rings is 2. The molecule has 0 aliphatic heterocycles. The topological polar surface area (TPSA) is 95.1 Å². The number of sulfone groups is 1. The molecule has 8 heteroatoms. The maximum absolute atomic E-state index is 12.6. The summed E-state index contributed by atoms with van der Waals surface area (Å²) in [5.41, 5.74) is 1.89. The molecule has 0 aliphatic rings. The monoisotopic (exact) mass is 359 g/mol. The largest absolute Gasteiger partial charge is 0.310 e. The number of fused-ring (bicyclic) bond motifs is 1. The maximum atomic E-state index is 12.6. The average Bonchev–Trinajstić information content (AvgIpc) is 2.95. The number of rotatable bonds is 6. The minimum absolute atomic E-state index is 0.00190. The Morgan fingerprint density at radius 2 is 1.92 bits per heavy atom. The van der Waals surface area contributed by atoms with Crippen molar-refractivity contribution in [3.63, 3.8) is 0 Å². The predicted octanol–water partition coefficient (Wildman–Crippen LogP) is 3.18. The van der Waals surface area contributed by atoms with Gasteiger partial charge in [0.25, 0.3) is 5.69 Å². The molecule has 0 saturated carbocycles. The fourth-order valence-corrected chi connectivity index (χ4v) is 4.21. The van der Waals surface area contributed by atoms with E-state index in [1.165, 1.54) is 12.1 Å². The summed E-state index contributed by atoms with van der Waals surface area (Å²) < 4.78 is 26.8. The van der Waals surface area contributed by atoms with Crippen LogP contribution in [-0.4, -0.2) is 28.6 Å². The van der Waals surface area contributed by atoms with Gasteiger partial charge in [-0.2, -0.15) is 0 Å². The van der Waals surface area contributed by atoms with Crippen molar-refractivity contribution < 1.29 is 13.3 Å². The molecule has 25 heavy (non-hydrogen) atoms. The van der Waals surface area contributed by atoms with E-state index >= 15 is 0 Å². The number of nitro benzene ring substituents is 1. The number of non-ortho nitro benzene ring substituents is 1. The zero-order valence-corrected chi connectivity index (χ0v) is 14.4. The van der Waals surface area contributed by atoms with E-state index in [0.717, 1.165) is 0 Å². The van der Waals surface area contributed by atoms with Gasteiger partial charge in [-0.1, -0.05) is 31.2 Å². The number of nitro groups is 1. The molecular weight excluding hydrogens is 342 g/mol. The van der Waals surface area contributed by atoms with Gasteiger partial charge in [0.05, 0.1) is 28.3 Å². The Morgan fingerprint density at radius 3 is 2.64 bits per heavy atom. The lowest BCUT2D eigenvalue weighted by molar-refractivity contribution is -0.384. The van der Waals surface area contributed by atoms with Crippen LogP contribution in [0, 0.1) is 10.1 Å². The van der Waals surface area contributed by atoms with Gasteiger partial charge in [0.2, 0.25) is 15.0 Å². The summed E-state index contributed by atoms with van der Waals surface area (Å²) in [4.78, 5) is 14.8. The van der Waals surface area contributed by atoms with Gasteiger partial charge >= 0.3 is 0 Å². The van der Waals surface area contributed by atoms with Crippen molar-refractivity contribution in [1.29, 1.82) is 0 Å². The maximum Gasteiger partial charge on any atom is 0.269 e. The van der Waals surface area contributed by atoms with Crippen molar-refractivity contribution in [2.45, 2.75) is 25.0 Å². The van der Waals surface area contributed by atoms with E-state index in [0.29, 0.717) is 23.0 Å². The normalized spacial score (nSPS) is 11.7. The quantitative estimate of drug-likeness (QED) is 0.497. The van der Waals surface area contributed by atoms with Crippen LogP contribution >= 0.6 is 0 Å². The van der Waals surface area contributed by atoms with E-state index in [1.54, 1.807) is 41.8 Å². The molecular formula is C17H17N3O4S. The predicted molar refractivity (Wildman–Crippen MR) is 94.3 cm³/mol. The van der Waals surface area contributed by atoms with E-state index in [2.05, 4.69) is 4.98 Å². The number of hydrogen-bond donors (Lipinski definition) is 0. The molecule has 130 valence electrons. The molecule has 3 aromatic rings. The number of imidazole rings is 1. The first-order chi connectivity index (χ1) is 11.9. The molecule has 0 radical (unpaired) electrons. The molecule has 0 atom stereocenters. The summed E-state index contributed by atoms with van der Waals surface area (Å²) in [5, 5.41) is 11.0. The van der Waals surface area contributed by atoms with Crippen LogP contribution in [0.15, 0.2) is 53.7 Å². The molecule has 1 aromatic heterocycles. The van der Waals surface area contributed by atoms with Crippen molar-refractivity contribution >= 4 is 26.6 Å². The molecule has 0 aliphatic carbocycles. The molecule has 1 heterocycles. The summed E-state index contributed by atoms with van der Waals surface area (Å²) in [5.74, 6) is 0.00522. The first-order valence-corrected chi connectivity index (χ1v) is 9.49. The van der Waals surface area contributed by atoms with Crippen molar-refractivity contribution in [2.24, 2.45) is 0 Å². The lowest BCUT2D eigenvalue weighted by atomic mass is 10.2. The highest BCUT2D eigenvalue weighted by Gasteiger charge is 2.23. The fourth-order valence-electron chi connectivity index (χ4n) is 2.75. The van der Waals surface area contributed by atoms with Crippen LogP contribution in [0.25, 0.3) is 11.0 Å². The Kier molecular flexibility index (Phi) is 4.54. The lowest BCUT2D eigenvalue weighted by Crippen LogP contribution is -2.14. The van der Waals surface area contributed by atoms with Crippen LogP contribution < -0.4 is 0 Å². The summed E-state index contributed by atoms with van der Waals surface area (Å²) >= 11 is 0. The Balaban J connectivity index is 2.14. The van der Waals surface area contributed by atoms with Gasteiger partial charge in [0, 0.05) is 12.1 Å². The highest BCUT2D eigenvalue weighted by Crippen LogP contribution is 2.23. The third kappa shape index (κ3) is 3.39. The molecule has 0 bridgehead atoms. The standard InChI is InChI=1S/C17H17N3O4S/c1-2-10-25(23,24)17-18-15-8-3-4-9-16(15)19(17)12-13-6-5-7-14(11-13)20(21)22/h3-9,11H,2,10,12H2,1H3. The zero-order valence-electron chi connectivity index (χ0n) is 13.6. The number of hydrogen-bond acceptors (Lipinski definition) is 5. The van der Waals surface area contributed by atoms with Gasteiger partial charge < -0.3 is 4.57 Å². The molecule has 0 fully saturated rings. The number of aromatic nitrogens is 2. The van der Waals surface area contributed by atoms with Gasteiger partial charge in [-0.05, 0) is 24.1 Å². The second-order valence-electron chi connectivity index (χ2n) is 5.72. The highest BCUT2D eigenvalue weighted by atomic mass is 32.2. The first kappa shape index (κ1) is 17.1. The molecule has 2 aromatic carbocycles. The third-order valence-electron chi connectivity index (χ3n) is 3.83. The van der Waals surface area contributed by atoms with Gasteiger partial charge in [-0.25, -0.2) is 13.4 Å². The van der Waals surface area contributed by atoms with Gasteiger partial charge in [-0.15, -0.1) is 0 Å². The Morgan fingerprint density at radius 1 is 1.16 bits per heavy atom. The minimum atomic E-state index is -3.53. The van der Waals surface area contributed by atoms with Crippen LogP contribution in [0.4, 0.5) is 5.69 Å². The van der Waals surface area contributed by atoms with Crippen LogP contribution in [0.5, 0.6) is 0 Å². The van der Waals surface area contributed by atoms with Gasteiger partial charge in [-0.3, -0.25) is 10.1 Å². The van der Waals surface area contributed by atoms with Crippen molar-refractivity contribution in [2.75, 3.05) is 5.75 Å². The second-order valence-corrected chi connectivity index (χ2v) is 7.72. The lowest BCUT2D eigenvalue weighted by Gasteiger charge is -2.09. The van der Waals surface area contributed by atoms with E-state index in [9.17, 15) is 18.5 Å². The summed E-state index contributed by atoms with van der Waals surface area (Å²) in [6, 6.07) is 13.3. The van der Waals surface area contributed by atoms with Crippen LogP contribution in [-0.2, 0) is 16.4 Å². The van der Waals surface area contributed by atoms with E-state index < -0.39 is 14.8 Å². The van der Waals surface area contributed by atoms with Crippen LogP contribution in [0.1, 0.15) is 18.9 Å². The van der Waals surface area contributed by atoms with Gasteiger partial charge in [0.1, 0.15) is 0 Å². The zero-order chi connectivity index (χ0) is 18.0. The van der Waals surface area contributed by atoms with Crippen molar-refractivity contribution in [3.8, 4) is 0 Å². The molecule has 0 saturated heterocycles. The summed E-state index contributed by atoms with van der Waals surface area (Å²) in [7, 11) is -3.53. The summed E-state index contributed by atoms with van der Waals surface area (Å²) in [6.07, 6.45) is 0.488. The number of nitrogens with zero attached hydrogens (tertiary/aromatic N) is 3. The molecule has 0 spiro atoms. The molecule has 0 amide bonds. The van der Waals surface area contributed by atoms with E-state index in [-0.39, 0.29) is 23.1 Å². The number of para-hydroxylation sites is 2. The van der Waals surface area contributed by atoms with Gasteiger partial charge in [0.15, 0.2) is 0 Å². The fraction of sp³-hybridized carbons (Fsp3) is 0.235. The highest BCUT2D eigenvalue weighted by molar-refractivity contribution is 7.91. The van der Waals surface area contributed by atoms with E-state index in [4.69, 9.17) is 0 Å². The minimum Gasteiger partial charge on any atom is -0.310 e. The summed E-state index contributed by atoms with van der Waals surface area (Å²) in [6.45, 7) is 1.99. The molecule has 0 N–H and O–H groups in total. The average molecular weight is 359 g/mol. The molecule has 0 unspecified atom stereocenters. The first-order valence-electron chi connectivity index (χ1n) is 7.83. The smallest absolute Gasteiger partial charge is 0.269 e. The van der Waals surface area contributed by atoms with Crippen molar-refractivity contribution in [3.05, 3.63) is 64.2 Å². The SMILES string of the molecule is CCCS(=O)(=O)c1nc2ccccc2n1Cc1cccc([N+](=O)[O-])c1. The van der Waals surface area contributed by atoms with Crippen molar-refractivity contribution in [1.82, 2.24) is 9.55 Å². The second kappa shape index (κ2) is 6.64. The third-order valence-corrected chi connectivity index (χ3v) is 5.65. The Hall–Kier alpha value is -2.74. The van der Waals surface area contributed by atoms with E-state index in [1.807, 2.05) is 6.07 Å².